The number of hydrogen-bond acceptors (Lipinski definition) is 4. The van der Waals surface area contributed by atoms with Crippen LogP contribution in [0.3, 0.4) is 0 Å². The topological polar surface area (TPSA) is 47.9 Å². The van der Waals surface area contributed by atoms with Crippen LogP contribution in [0.1, 0.15) is 32.1 Å². The molecule has 1 aliphatic heterocycles. The van der Waals surface area contributed by atoms with Crippen LogP contribution in [-0.2, 0) is 14.2 Å². The molecule has 0 aromatic carbocycles. The van der Waals surface area contributed by atoms with Crippen LogP contribution in [0.2, 0.25) is 0 Å². The Morgan fingerprint density at radius 2 is 1.87 bits per heavy atom. The van der Waals surface area contributed by atoms with Gasteiger partial charge in [0.05, 0.1) is 18.8 Å². The predicted molar refractivity (Wildman–Crippen MR) is 54.5 cm³/mol. The summed E-state index contributed by atoms with van der Waals surface area (Å²) in [6.45, 7) is 0.721. The van der Waals surface area contributed by atoms with Crippen molar-refractivity contribution in [1.82, 2.24) is 0 Å². The van der Waals surface area contributed by atoms with Gasteiger partial charge in [-0.1, -0.05) is 0 Å². The standard InChI is InChI=1S/C11H20O4/c1-13-10-6-7-14-11(10)15-9-4-2-8(12)3-5-9/h8-12H,2-7H2,1H3. The van der Waals surface area contributed by atoms with Gasteiger partial charge in [-0.05, 0) is 25.7 Å². The number of aliphatic hydroxyl groups is 1. The van der Waals surface area contributed by atoms with E-state index in [1.54, 1.807) is 7.11 Å². The molecule has 0 spiro atoms. The van der Waals surface area contributed by atoms with Gasteiger partial charge in [0.2, 0.25) is 0 Å². The first-order chi connectivity index (χ1) is 7.29. The average molecular weight is 216 g/mol. The molecule has 0 aromatic heterocycles. The van der Waals surface area contributed by atoms with Crippen molar-refractivity contribution in [3.05, 3.63) is 0 Å². The SMILES string of the molecule is COC1CCOC1OC1CCC(O)CC1. The van der Waals surface area contributed by atoms with Crippen molar-refractivity contribution in [3.8, 4) is 0 Å². The minimum atomic E-state index is -0.199. The molecule has 4 heteroatoms. The Morgan fingerprint density at radius 3 is 2.53 bits per heavy atom. The van der Waals surface area contributed by atoms with Gasteiger partial charge in [-0.2, -0.15) is 0 Å². The molecule has 2 fully saturated rings. The highest BCUT2D eigenvalue weighted by molar-refractivity contribution is 4.75. The quantitative estimate of drug-likeness (QED) is 0.766. The molecular weight excluding hydrogens is 196 g/mol. The van der Waals surface area contributed by atoms with E-state index in [0.29, 0.717) is 0 Å². The second-order valence-electron chi connectivity index (χ2n) is 4.37. The van der Waals surface area contributed by atoms with E-state index in [-0.39, 0.29) is 24.6 Å². The van der Waals surface area contributed by atoms with E-state index < -0.39 is 0 Å². The van der Waals surface area contributed by atoms with Crippen molar-refractivity contribution < 1.29 is 19.3 Å². The fourth-order valence-corrected chi connectivity index (χ4v) is 2.27. The number of methoxy groups -OCH3 is 1. The Morgan fingerprint density at radius 1 is 1.13 bits per heavy atom. The zero-order valence-corrected chi connectivity index (χ0v) is 9.22. The van der Waals surface area contributed by atoms with Crippen molar-refractivity contribution in [3.63, 3.8) is 0 Å². The predicted octanol–water partition coefficient (Wildman–Crippen LogP) is 1.07. The summed E-state index contributed by atoms with van der Waals surface area (Å²) >= 11 is 0. The molecule has 1 aliphatic carbocycles. The monoisotopic (exact) mass is 216 g/mol. The summed E-state index contributed by atoms with van der Waals surface area (Å²) in [5, 5.41) is 9.37. The molecule has 2 rings (SSSR count). The van der Waals surface area contributed by atoms with E-state index in [4.69, 9.17) is 14.2 Å². The van der Waals surface area contributed by atoms with Crippen LogP contribution >= 0.6 is 0 Å². The summed E-state index contributed by atoms with van der Waals surface area (Å²) in [6, 6.07) is 0. The zero-order chi connectivity index (χ0) is 10.7. The smallest absolute Gasteiger partial charge is 0.184 e. The number of ether oxygens (including phenoxy) is 3. The van der Waals surface area contributed by atoms with E-state index in [0.717, 1.165) is 38.7 Å². The summed E-state index contributed by atoms with van der Waals surface area (Å²) in [6.07, 6.45) is 4.43. The van der Waals surface area contributed by atoms with Crippen LogP contribution in [0.4, 0.5) is 0 Å². The van der Waals surface area contributed by atoms with Crippen molar-refractivity contribution in [2.24, 2.45) is 0 Å². The van der Waals surface area contributed by atoms with Gasteiger partial charge in [0.1, 0.15) is 6.10 Å². The molecule has 0 amide bonds. The molecular formula is C11H20O4. The van der Waals surface area contributed by atoms with Gasteiger partial charge in [-0.15, -0.1) is 0 Å². The average Bonchev–Trinajstić information content (AvgIpc) is 2.69. The van der Waals surface area contributed by atoms with Crippen LogP contribution in [0, 0.1) is 0 Å². The van der Waals surface area contributed by atoms with Gasteiger partial charge in [0.25, 0.3) is 0 Å². The summed E-state index contributed by atoms with van der Waals surface area (Å²) in [5.41, 5.74) is 0. The summed E-state index contributed by atoms with van der Waals surface area (Å²) in [5.74, 6) is 0. The van der Waals surface area contributed by atoms with Crippen molar-refractivity contribution in [2.75, 3.05) is 13.7 Å². The summed E-state index contributed by atoms with van der Waals surface area (Å²) in [4.78, 5) is 0. The highest BCUT2D eigenvalue weighted by Crippen LogP contribution is 2.26. The molecule has 2 unspecified atom stereocenters. The van der Waals surface area contributed by atoms with Crippen molar-refractivity contribution >= 4 is 0 Å². The first-order valence-corrected chi connectivity index (χ1v) is 5.77. The Balaban J connectivity index is 1.76. The molecule has 1 saturated heterocycles. The van der Waals surface area contributed by atoms with Crippen LogP contribution in [-0.4, -0.2) is 43.4 Å². The number of hydrogen-bond donors (Lipinski definition) is 1. The molecule has 88 valence electrons. The Hall–Kier alpha value is -0.160. The zero-order valence-electron chi connectivity index (χ0n) is 9.22. The second kappa shape index (κ2) is 5.25. The molecule has 0 aromatic rings. The van der Waals surface area contributed by atoms with Gasteiger partial charge in [-0.3, -0.25) is 0 Å². The molecule has 4 nitrogen and oxygen atoms in total. The lowest BCUT2D eigenvalue weighted by Gasteiger charge is -2.29. The normalized spacial score (nSPS) is 42.0. The van der Waals surface area contributed by atoms with Crippen LogP contribution < -0.4 is 0 Å². The van der Waals surface area contributed by atoms with Gasteiger partial charge in [0.15, 0.2) is 6.29 Å². The largest absolute Gasteiger partial charge is 0.393 e. The lowest BCUT2D eigenvalue weighted by molar-refractivity contribution is -0.191. The van der Waals surface area contributed by atoms with Gasteiger partial charge in [-0.25, -0.2) is 0 Å². The van der Waals surface area contributed by atoms with Crippen LogP contribution in [0.15, 0.2) is 0 Å². The first-order valence-electron chi connectivity index (χ1n) is 5.77. The number of rotatable bonds is 3. The van der Waals surface area contributed by atoms with Gasteiger partial charge >= 0.3 is 0 Å². The van der Waals surface area contributed by atoms with E-state index in [1.807, 2.05) is 0 Å². The molecule has 1 saturated carbocycles. The maximum Gasteiger partial charge on any atom is 0.184 e. The number of aliphatic hydroxyl groups excluding tert-OH is 1. The lowest BCUT2D eigenvalue weighted by Crippen LogP contribution is -2.33. The van der Waals surface area contributed by atoms with Gasteiger partial charge < -0.3 is 19.3 Å². The first kappa shape index (κ1) is 11.3. The van der Waals surface area contributed by atoms with Crippen LogP contribution in [0.5, 0.6) is 0 Å². The maximum atomic E-state index is 9.37. The van der Waals surface area contributed by atoms with E-state index in [2.05, 4.69) is 0 Å². The molecule has 0 bridgehead atoms. The molecule has 2 aliphatic rings. The van der Waals surface area contributed by atoms with E-state index in [9.17, 15) is 5.11 Å². The lowest BCUT2D eigenvalue weighted by atomic mass is 9.95. The fourth-order valence-electron chi connectivity index (χ4n) is 2.27. The minimum Gasteiger partial charge on any atom is -0.393 e. The molecule has 1 N–H and O–H groups in total. The van der Waals surface area contributed by atoms with Crippen molar-refractivity contribution in [1.29, 1.82) is 0 Å². The Labute approximate surface area is 90.5 Å². The Bertz CT molecular complexity index is 189. The fraction of sp³-hybridized carbons (Fsp3) is 1.00. The third-order valence-corrected chi connectivity index (χ3v) is 3.26. The molecule has 1 heterocycles. The summed E-state index contributed by atoms with van der Waals surface area (Å²) in [7, 11) is 1.69. The van der Waals surface area contributed by atoms with Gasteiger partial charge in [0, 0.05) is 13.5 Å². The third kappa shape index (κ3) is 2.91. The van der Waals surface area contributed by atoms with E-state index in [1.165, 1.54) is 0 Å². The molecule has 0 radical (unpaired) electrons. The highest BCUT2D eigenvalue weighted by atomic mass is 16.7. The van der Waals surface area contributed by atoms with Crippen molar-refractivity contribution in [2.45, 2.75) is 56.7 Å². The van der Waals surface area contributed by atoms with Crippen LogP contribution in [0.25, 0.3) is 0 Å². The molecule has 15 heavy (non-hydrogen) atoms. The second-order valence-corrected chi connectivity index (χ2v) is 4.37. The van der Waals surface area contributed by atoms with E-state index >= 15 is 0 Å². The highest BCUT2D eigenvalue weighted by Gasteiger charge is 2.32. The minimum absolute atomic E-state index is 0.0804. The summed E-state index contributed by atoms with van der Waals surface area (Å²) < 4.78 is 16.6. The third-order valence-electron chi connectivity index (χ3n) is 3.26. The maximum absolute atomic E-state index is 9.37. The Kier molecular flexibility index (Phi) is 3.97. The molecule has 2 atom stereocenters.